The number of anilines is 1. The molecule has 2 aromatic rings. The first-order valence-electron chi connectivity index (χ1n) is 10.6. The number of ether oxygens (including phenoxy) is 2. The minimum Gasteiger partial charge on any atom is -0.484 e. The molecule has 1 aliphatic heterocycles. The van der Waals surface area contributed by atoms with E-state index in [1.807, 2.05) is 6.07 Å². The molecule has 0 radical (unpaired) electrons. The molecule has 1 saturated carbocycles. The lowest BCUT2D eigenvalue weighted by molar-refractivity contribution is -0.153. The second kappa shape index (κ2) is 8.61. The van der Waals surface area contributed by atoms with Crippen molar-refractivity contribution in [2.24, 2.45) is 5.41 Å². The summed E-state index contributed by atoms with van der Waals surface area (Å²) in [4.78, 5) is 19.0. The number of aromatic nitrogens is 1. The predicted molar refractivity (Wildman–Crippen MR) is 111 cm³/mol. The summed E-state index contributed by atoms with van der Waals surface area (Å²) in [6, 6.07) is 11.4. The van der Waals surface area contributed by atoms with Gasteiger partial charge in [-0.3, -0.25) is 4.79 Å². The highest BCUT2D eigenvalue weighted by Gasteiger charge is 2.51. The first-order chi connectivity index (χ1) is 15.2. The highest BCUT2D eigenvalue weighted by atomic mass is 19.4. The van der Waals surface area contributed by atoms with Crippen molar-refractivity contribution < 1.29 is 32.5 Å². The van der Waals surface area contributed by atoms with Crippen LogP contribution >= 0.6 is 0 Å². The van der Waals surface area contributed by atoms with Crippen molar-refractivity contribution >= 4 is 11.6 Å². The summed E-state index contributed by atoms with van der Waals surface area (Å²) in [5.74, 6) is 0.546. The third-order valence-electron chi connectivity index (χ3n) is 6.33. The highest BCUT2D eigenvalue weighted by molar-refractivity contribution is 6.00. The van der Waals surface area contributed by atoms with Crippen LogP contribution in [0.4, 0.5) is 18.9 Å². The molecule has 32 heavy (non-hydrogen) atoms. The first kappa shape index (κ1) is 22.4. The van der Waals surface area contributed by atoms with E-state index in [0.717, 1.165) is 0 Å². The molecule has 1 amide bonds. The van der Waals surface area contributed by atoms with E-state index >= 15 is 0 Å². The molecule has 9 heteroatoms. The van der Waals surface area contributed by atoms with Crippen LogP contribution in [0.3, 0.4) is 0 Å². The van der Waals surface area contributed by atoms with Crippen molar-refractivity contribution in [1.29, 1.82) is 0 Å². The maximum Gasteiger partial charge on any atom is 0.422 e. The molecule has 1 N–H and O–H groups in total. The largest absolute Gasteiger partial charge is 0.484 e. The Morgan fingerprint density at radius 1 is 1.00 bits per heavy atom. The summed E-state index contributed by atoms with van der Waals surface area (Å²) in [7, 11) is 0. The fourth-order valence-corrected chi connectivity index (χ4v) is 4.40. The summed E-state index contributed by atoms with van der Waals surface area (Å²) in [5, 5.41) is 10.9. The molecule has 2 heterocycles. The maximum absolute atomic E-state index is 13.2. The second-order valence-electron chi connectivity index (χ2n) is 8.57. The maximum atomic E-state index is 13.2. The average Bonchev–Trinajstić information content (AvgIpc) is 3.10. The number of rotatable bonds is 6. The molecular formula is C23H25F3N2O4. The van der Waals surface area contributed by atoms with Gasteiger partial charge in [0.25, 0.3) is 0 Å². The van der Waals surface area contributed by atoms with Gasteiger partial charge in [-0.05, 0) is 62.4 Å². The van der Waals surface area contributed by atoms with Gasteiger partial charge in [0.2, 0.25) is 11.8 Å². The van der Waals surface area contributed by atoms with Gasteiger partial charge >= 0.3 is 6.18 Å². The lowest BCUT2D eigenvalue weighted by Gasteiger charge is -2.40. The third kappa shape index (κ3) is 4.98. The summed E-state index contributed by atoms with van der Waals surface area (Å²) >= 11 is 0. The monoisotopic (exact) mass is 450 g/mol. The van der Waals surface area contributed by atoms with Crippen LogP contribution in [0.2, 0.25) is 0 Å². The number of hydrogen-bond acceptors (Lipinski definition) is 5. The number of pyridine rings is 1. The van der Waals surface area contributed by atoms with E-state index < -0.39 is 23.8 Å². The molecule has 0 bridgehead atoms. The first-order valence-corrected chi connectivity index (χ1v) is 10.6. The molecule has 1 aromatic carbocycles. The number of carbonyl (C=O) groups is 1. The minimum atomic E-state index is -4.40. The Balaban J connectivity index is 1.34. The molecule has 1 saturated heterocycles. The molecule has 1 aromatic heterocycles. The molecule has 6 nitrogen and oxygen atoms in total. The number of halogens is 3. The number of nitrogens with zero attached hydrogens (tertiary/aromatic N) is 2. The molecule has 2 fully saturated rings. The minimum absolute atomic E-state index is 0.00541. The van der Waals surface area contributed by atoms with Crippen LogP contribution in [-0.2, 0) is 4.79 Å². The molecule has 2 aliphatic rings. The van der Waals surface area contributed by atoms with Gasteiger partial charge in [0, 0.05) is 24.5 Å². The van der Waals surface area contributed by atoms with E-state index in [2.05, 4.69) is 4.98 Å². The summed E-state index contributed by atoms with van der Waals surface area (Å²) in [5.41, 5.74) is -0.901. The van der Waals surface area contributed by atoms with E-state index in [0.29, 0.717) is 50.2 Å². The smallest absolute Gasteiger partial charge is 0.422 e. The van der Waals surface area contributed by atoms with E-state index in [4.69, 9.17) is 9.47 Å². The standard InChI is InChI=1S/C23H25F3N2O4/c24-23(25,26)16-31-18-6-4-17(5-7-18)28-14-12-21(20(28)29)8-10-22(30,11-9-21)15-32-19-3-1-2-13-27-19/h1-7,13,30H,8-12,14-16H2/t21-,22-. The molecule has 0 unspecified atom stereocenters. The SMILES string of the molecule is O=C1N(c2ccc(OCC(F)(F)F)cc2)CC[C@]12CC[C@](O)(COc1ccccn1)CC2. The van der Waals surface area contributed by atoms with Crippen LogP contribution in [-0.4, -0.2) is 47.5 Å². The van der Waals surface area contributed by atoms with Crippen molar-refractivity contribution in [3.8, 4) is 11.6 Å². The lowest BCUT2D eigenvalue weighted by atomic mass is 9.68. The number of alkyl halides is 3. The van der Waals surface area contributed by atoms with E-state index in [-0.39, 0.29) is 18.3 Å². The Bertz CT molecular complexity index is 927. The second-order valence-corrected chi connectivity index (χ2v) is 8.57. The van der Waals surface area contributed by atoms with Crippen LogP contribution in [0.15, 0.2) is 48.7 Å². The number of carbonyl (C=O) groups excluding carboxylic acids is 1. The van der Waals surface area contributed by atoms with Crippen LogP contribution in [0, 0.1) is 5.41 Å². The Kier molecular flexibility index (Phi) is 6.03. The van der Waals surface area contributed by atoms with Crippen LogP contribution in [0.5, 0.6) is 11.6 Å². The average molecular weight is 450 g/mol. The molecule has 1 aliphatic carbocycles. The number of benzene rings is 1. The summed E-state index contributed by atoms with van der Waals surface area (Å²) in [6.45, 7) is -0.701. The number of aliphatic hydroxyl groups is 1. The summed E-state index contributed by atoms with van der Waals surface area (Å²) < 4.78 is 47.3. The molecule has 172 valence electrons. The quantitative estimate of drug-likeness (QED) is 0.717. The van der Waals surface area contributed by atoms with E-state index in [1.165, 1.54) is 12.1 Å². The molecule has 4 rings (SSSR count). The zero-order valence-corrected chi connectivity index (χ0v) is 17.5. The highest BCUT2D eigenvalue weighted by Crippen LogP contribution is 2.48. The predicted octanol–water partition coefficient (Wildman–Crippen LogP) is 4.13. The number of amides is 1. The van der Waals surface area contributed by atoms with Crippen molar-refractivity contribution in [2.75, 3.05) is 24.7 Å². The fourth-order valence-electron chi connectivity index (χ4n) is 4.40. The number of hydrogen-bond donors (Lipinski definition) is 1. The van der Waals surface area contributed by atoms with Gasteiger partial charge < -0.3 is 19.5 Å². The van der Waals surface area contributed by atoms with Gasteiger partial charge in [0.1, 0.15) is 12.4 Å². The van der Waals surface area contributed by atoms with Gasteiger partial charge in [-0.1, -0.05) is 6.07 Å². The van der Waals surface area contributed by atoms with Crippen molar-refractivity contribution in [3.05, 3.63) is 48.7 Å². The Labute approximate surface area is 184 Å². The van der Waals surface area contributed by atoms with E-state index in [1.54, 1.807) is 35.4 Å². The van der Waals surface area contributed by atoms with Gasteiger partial charge in [0.05, 0.1) is 11.0 Å². The third-order valence-corrected chi connectivity index (χ3v) is 6.33. The normalized spacial score (nSPS) is 25.9. The Hall–Kier alpha value is -2.81. The van der Waals surface area contributed by atoms with Crippen LogP contribution < -0.4 is 14.4 Å². The van der Waals surface area contributed by atoms with Gasteiger partial charge in [-0.15, -0.1) is 0 Å². The topological polar surface area (TPSA) is 71.9 Å². The molecule has 0 atom stereocenters. The van der Waals surface area contributed by atoms with Crippen LogP contribution in [0.25, 0.3) is 0 Å². The van der Waals surface area contributed by atoms with Gasteiger partial charge in [-0.25, -0.2) is 4.98 Å². The fraction of sp³-hybridized carbons (Fsp3) is 0.478. The lowest BCUT2D eigenvalue weighted by Crippen LogP contribution is -2.46. The van der Waals surface area contributed by atoms with Crippen molar-refractivity contribution in [3.63, 3.8) is 0 Å². The van der Waals surface area contributed by atoms with Gasteiger partial charge in [0.15, 0.2) is 6.61 Å². The Morgan fingerprint density at radius 2 is 1.72 bits per heavy atom. The molecule has 1 spiro atoms. The van der Waals surface area contributed by atoms with Crippen molar-refractivity contribution in [1.82, 2.24) is 4.98 Å². The molecular weight excluding hydrogens is 425 g/mol. The van der Waals surface area contributed by atoms with Crippen molar-refractivity contribution in [2.45, 2.75) is 43.9 Å². The zero-order chi connectivity index (χ0) is 22.8. The summed E-state index contributed by atoms with van der Waals surface area (Å²) in [6.07, 6.45) is -0.103. The van der Waals surface area contributed by atoms with Crippen LogP contribution in [0.1, 0.15) is 32.1 Å². The zero-order valence-electron chi connectivity index (χ0n) is 17.5. The van der Waals surface area contributed by atoms with E-state index in [9.17, 15) is 23.1 Å². The Morgan fingerprint density at radius 3 is 2.34 bits per heavy atom. The van der Waals surface area contributed by atoms with Gasteiger partial charge in [-0.2, -0.15) is 13.2 Å².